The van der Waals surface area contributed by atoms with Crippen LogP contribution in [0.15, 0.2) is 60.7 Å². The highest BCUT2D eigenvalue weighted by atomic mass is 35.5. The average molecular weight is 779 g/mol. The number of nitrogens with zero attached hydrogens (tertiary/aromatic N) is 1. The van der Waals surface area contributed by atoms with Gasteiger partial charge in [0.15, 0.2) is 18.6 Å². The van der Waals surface area contributed by atoms with Crippen molar-refractivity contribution in [1.29, 1.82) is 0 Å². The first kappa shape index (κ1) is 43.4. The molecule has 2 aromatic rings. The van der Waals surface area contributed by atoms with Crippen LogP contribution < -0.4 is 5.32 Å². The molecule has 4 aliphatic rings. The number of esters is 2. The summed E-state index contributed by atoms with van der Waals surface area (Å²) in [6.45, 7) is 8.59. The van der Waals surface area contributed by atoms with E-state index in [1.807, 2.05) is 60.7 Å². The van der Waals surface area contributed by atoms with Crippen LogP contribution in [0.5, 0.6) is 0 Å². The molecule has 0 saturated carbocycles. The van der Waals surface area contributed by atoms with Gasteiger partial charge >= 0.3 is 18.0 Å². The molecule has 1 N–H and O–H groups in total. The molecular formula is C39H55ClN2O12. The van der Waals surface area contributed by atoms with Crippen molar-refractivity contribution in [2.45, 2.75) is 114 Å². The summed E-state index contributed by atoms with van der Waals surface area (Å²) in [5.41, 5.74) is 1.63. The molecule has 4 fully saturated rings. The van der Waals surface area contributed by atoms with Crippen LogP contribution in [-0.2, 0) is 65.4 Å². The third kappa shape index (κ3) is 12.3. The summed E-state index contributed by atoms with van der Waals surface area (Å²) in [6, 6.07) is 18.8. The van der Waals surface area contributed by atoms with Gasteiger partial charge in [-0.1, -0.05) is 60.7 Å². The summed E-state index contributed by atoms with van der Waals surface area (Å²) in [7, 11) is 2.68. The van der Waals surface area contributed by atoms with Gasteiger partial charge in [-0.15, -0.1) is 12.4 Å². The normalized spacial score (nSPS) is 26.9. The molecule has 0 bridgehead atoms. The van der Waals surface area contributed by atoms with Gasteiger partial charge in [-0.3, -0.25) is 15.0 Å². The van der Waals surface area contributed by atoms with Crippen molar-refractivity contribution in [3.63, 3.8) is 0 Å². The number of ether oxygens (including phenoxy) is 9. The Morgan fingerprint density at radius 1 is 0.741 bits per heavy atom. The first-order valence-corrected chi connectivity index (χ1v) is 18.3. The second-order valence-electron chi connectivity index (χ2n) is 14.3. The highest BCUT2D eigenvalue weighted by molar-refractivity contribution is 5.85. The highest BCUT2D eigenvalue weighted by Gasteiger charge is 2.55. The Morgan fingerprint density at radius 2 is 1.26 bits per heavy atom. The number of hydrogen-bond acceptors (Lipinski definition) is 13. The standard InChI is InChI=1S/C22H31NO7.C17H23NO5.ClH/c1-22(2,3)30-21(25)23-13-16-19(18(23)20(24)26-4)29-17(28-16)11-8-12-27-14-15-9-6-5-7-10-15;1-20-17(19)15-16-13(10-18-15)22-14(23-16)8-5-9-21-11-12-6-3-2-4-7-12;/h5-7,9-10,16-19H,8,11-14H2,1-4H3;2-4,6-7,13-16,18H,5,8-11H2,1H3;1H/t16-,17?,18-,19-;13-,14?,15-,16-;/m00./s1. The smallest absolute Gasteiger partial charge is 0.411 e. The van der Waals surface area contributed by atoms with E-state index in [9.17, 15) is 14.4 Å². The van der Waals surface area contributed by atoms with Gasteiger partial charge in [0.25, 0.3) is 0 Å². The van der Waals surface area contributed by atoms with Crippen molar-refractivity contribution in [3.8, 4) is 0 Å². The second kappa shape index (κ2) is 21.1. The lowest BCUT2D eigenvalue weighted by atomic mass is 10.1. The number of amides is 1. The monoisotopic (exact) mass is 778 g/mol. The van der Waals surface area contributed by atoms with Crippen LogP contribution >= 0.6 is 12.4 Å². The Kier molecular flexibility index (Phi) is 16.9. The van der Waals surface area contributed by atoms with Crippen molar-refractivity contribution in [3.05, 3.63) is 71.8 Å². The minimum atomic E-state index is -0.880. The van der Waals surface area contributed by atoms with E-state index in [2.05, 4.69) is 5.32 Å². The Bertz CT molecular complexity index is 1450. The van der Waals surface area contributed by atoms with Crippen molar-refractivity contribution in [2.24, 2.45) is 0 Å². The SMILES string of the molecule is COC(=O)[C@@H]1[C@H]2OC(CCCOCc3ccccc3)O[C@H]2CN1C(=O)OC(C)(C)C.COC(=O)[C@H]1NC[C@@H]2OC(CCCOCc3ccccc3)O[C@@H]21.Cl. The third-order valence-corrected chi connectivity index (χ3v) is 9.10. The quantitative estimate of drug-likeness (QED) is 0.163. The molecule has 1 amide bonds. The maximum Gasteiger partial charge on any atom is 0.411 e. The Morgan fingerprint density at radius 3 is 1.78 bits per heavy atom. The van der Waals surface area contributed by atoms with E-state index in [0.717, 1.165) is 24.8 Å². The van der Waals surface area contributed by atoms with Gasteiger partial charge in [-0.05, 0) is 44.7 Å². The molecule has 4 heterocycles. The van der Waals surface area contributed by atoms with E-state index in [-0.39, 0.29) is 43.4 Å². The van der Waals surface area contributed by atoms with Crippen molar-refractivity contribution in [2.75, 3.05) is 40.5 Å². The van der Waals surface area contributed by atoms with E-state index < -0.39 is 48.2 Å². The number of carbonyl (C=O) groups excluding carboxylic acids is 3. The molecule has 0 aliphatic carbocycles. The van der Waals surface area contributed by atoms with Crippen LogP contribution in [0, 0.1) is 0 Å². The fraction of sp³-hybridized carbons (Fsp3) is 0.615. The number of fused-ring (bicyclic) bond motifs is 2. The summed E-state index contributed by atoms with van der Waals surface area (Å²) >= 11 is 0. The molecule has 0 spiro atoms. The molecule has 4 saturated heterocycles. The highest BCUT2D eigenvalue weighted by Crippen LogP contribution is 2.35. The molecule has 54 heavy (non-hydrogen) atoms. The third-order valence-electron chi connectivity index (χ3n) is 9.10. The zero-order valence-electron chi connectivity index (χ0n) is 31.7. The lowest BCUT2D eigenvalue weighted by Gasteiger charge is -2.29. The largest absolute Gasteiger partial charge is 0.468 e. The lowest BCUT2D eigenvalue weighted by Crippen LogP contribution is -2.48. The number of benzene rings is 2. The lowest BCUT2D eigenvalue weighted by molar-refractivity contribution is -0.152. The van der Waals surface area contributed by atoms with E-state index in [1.165, 1.54) is 24.7 Å². The number of methoxy groups -OCH3 is 2. The predicted octanol–water partition coefficient (Wildman–Crippen LogP) is 4.55. The first-order chi connectivity index (χ1) is 25.6. The molecule has 2 unspecified atom stereocenters. The van der Waals surface area contributed by atoms with Gasteiger partial charge in [0.1, 0.15) is 36.1 Å². The maximum atomic E-state index is 12.5. The van der Waals surface area contributed by atoms with Crippen LogP contribution in [0.2, 0.25) is 0 Å². The summed E-state index contributed by atoms with van der Waals surface area (Å²) in [4.78, 5) is 37.9. The van der Waals surface area contributed by atoms with Gasteiger partial charge in [0, 0.05) is 32.6 Å². The number of likely N-dealkylation sites (tertiary alicyclic amines) is 1. The fourth-order valence-corrected chi connectivity index (χ4v) is 6.60. The van der Waals surface area contributed by atoms with Gasteiger partial charge < -0.3 is 42.6 Å². The van der Waals surface area contributed by atoms with E-state index in [0.29, 0.717) is 39.4 Å². The van der Waals surface area contributed by atoms with E-state index >= 15 is 0 Å². The molecule has 6 rings (SSSR count). The number of halogens is 1. The molecular weight excluding hydrogens is 724 g/mol. The molecule has 300 valence electrons. The molecule has 2 aromatic carbocycles. The fourth-order valence-electron chi connectivity index (χ4n) is 6.60. The Labute approximate surface area is 323 Å². The number of hydrogen-bond donors (Lipinski definition) is 1. The van der Waals surface area contributed by atoms with Gasteiger partial charge in [0.05, 0.1) is 34.0 Å². The number of nitrogens with one attached hydrogen (secondary N) is 1. The van der Waals surface area contributed by atoms with Crippen molar-refractivity contribution in [1.82, 2.24) is 10.2 Å². The molecule has 15 heteroatoms. The van der Waals surface area contributed by atoms with Crippen LogP contribution in [0.1, 0.15) is 57.6 Å². The second-order valence-corrected chi connectivity index (χ2v) is 14.3. The Hall–Kier alpha value is -3.34. The summed E-state index contributed by atoms with van der Waals surface area (Å²) < 4.78 is 50.0. The minimum Gasteiger partial charge on any atom is -0.468 e. The average Bonchev–Trinajstić information content (AvgIpc) is 3.92. The van der Waals surface area contributed by atoms with Gasteiger partial charge in [-0.2, -0.15) is 0 Å². The minimum absolute atomic E-state index is 0. The molecule has 0 radical (unpaired) electrons. The van der Waals surface area contributed by atoms with Gasteiger partial charge in [0.2, 0.25) is 0 Å². The van der Waals surface area contributed by atoms with Crippen LogP contribution in [0.4, 0.5) is 4.79 Å². The van der Waals surface area contributed by atoms with E-state index in [4.69, 9.17) is 42.6 Å². The molecule has 4 aliphatic heterocycles. The summed E-state index contributed by atoms with van der Waals surface area (Å²) in [5, 5.41) is 3.08. The number of rotatable bonds is 14. The zero-order chi connectivity index (χ0) is 37.8. The molecule has 0 aromatic heterocycles. The topological polar surface area (TPSA) is 150 Å². The summed E-state index contributed by atoms with van der Waals surface area (Å²) in [5.74, 6) is -0.836. The van der Waals surface area contributed by atoms with Crippen molar-refractivity contribution >= 4 is 30.4 Å². The molecule has 14 nitrogen and oxygen atoms in total. The van der Waals surface area contributed by atoms with Crippen molar-refractivity contribution < 1.29 is 57.0 Å². The van der Waals surface area contributed by atoms with Crippen LogP contribution in [0.25, 0.3) is 0 Å². The first-order valence-electron chi connectivity index (χ1n) is 18.3. The van der Waals surface area contributed by atoms with Gasteiger partial charge in [-0.25, -0.2) is 9.59 Å². The van der Waals surface area contributed by atoms with E-state index in [1.54, 1.807) is 20.8 Å². The zero-order valence-corrected chi connectivity index (χ0v) is 32.5. The molecule has 8 atom stereocenters. The predicted molar refractivity (Wildman–Crippen MR) is 198 cm³/mol. The summed E-state index contributed by atoms with van der Waals surface area (Å²) in [6.07, 6.45) is 0.447. The Balaban J connectivity index is 0.000000244. The van der Waals surface area contributed by atoms with Crippen LogP contribution in [-0.4, -0.2) is 118 Å². The number of carbonyl (C=O) groups is 3. The maximum absolute atomic E-state index is 12.5. The van der Waals surface area contributed by atoms with Crippen LogP contribution in [0.3, 0.4) is 0 Å².